The van der Waals surface area contributed by atoms with Gasteiger partial charge in [0.1, 0.15) is 0 Å². The van der Waals surface area contributed by atoms with E-state index in [2.05, 4.69) is 29.1 Å². The predicted octanol–water partition coefficient (Wildman–Crippen LogP) is 7.17. The third-order valence-corrected chi connectivity index (χ3v) is 8.45. The van der Waals surface area contributed by atoms with Crippen molar-refractivity contribution < 1.29 is 13.2 Å². The fraction of sp³-hybridized carbons (Fsp3) is 0.367. The summed E-state index contributed by atoms with van der Waals surface area (Å²) in [6.45, 7) is 6.53. The van der Waals surface area contributed by atoms with E-state index < -0.39 is 10.0 Å². The second kappa shape index (κ2) is 11.8. The van der Waals surface area contributed by atoms with E-state index in [1.54, 1.807) is 48.5 Å². The highest BCUT2D eigenvalue weighted by Gasteiger charge is 2.26. The van der Waals surface area contributed by atoms with E-state index in [0.29, 0.717) is 12.2 Å². The third-order valence-electron chi connectivity index (χ3n) is 7.05. The molecule has 1 aliphatic carbocycles. The van der Waals surface area contributed by atoms with E-state index >= 15 is 0 Å². The molecular weight excluding hydrogens is 482 g/mol. The number of hydrogen-bond donors (Lipinski definition) is 2. The van der Waals surface area contributed by atoms with E-state index in [4.69, 9.17) is 0 Å². The van der Waals surface area contributed by atoms with Gasteiger partial charge >= 0.3 is 6.03 Å². The van der Waals surface area contributed by atoms with E-state index in [9.17, 15) is 13.2 Å². The largest absolute Gasteiger partial charge is 0.322 e. The number of carbonyl (C=O) groups is 1. The molecule has 1 saturated carbocycles. The summed E-state index contributed by atoms with van der Waals surface area (Å²) in [7, 11) is -3.70. The smallest absolute Gasteiger partial charge is 0.317 e. The van der Waals surface area contributed by atoms with Gasteiger partial charge in [0.05, 0.1) is 4.90 Å². The van der Waals surface area contributed by atoms with Gasteiger partial charge in [-0.25, -0.2) is 13.2 Å². The van der Waals surface area contributed by atoms with Crippen molar-refractivity contribution in [2.75, 3.05) is 10.0 Å². The molecule has 2 amide bonds. The molecule has 0 bridgehead atoms. The van der Waals surface area contributed by atoms with Crippen molar-refractivity contribution in [1.82, 2.24) is 4.90 Å². The molecule has 0 spiro atoms. The zero-order valence-corrected chi connectivity index (χ0v) is 22.8. The van der Waals surface area contributed by atoms with Crippen LogP contribution in [0.3, 0.4) is 0 Å². The highest BCUT2D eigenvalue weighted by atomic mass is 32.2. The number of sulfonamides is 1. The highest BCUT2D eigenvalue weighted by molar-refractivity contribution is 7.92. The topological polar surface area (TPSA) is 78.5 Å². The Labute approximate surface area is 221 Å². The molecule has 0 aromatic heterocycles. The van der Waals surface area contributed by atoms with Crippen LogP contribution in [0, 0.1) is 20.8 Å². The van der Waals surface area contributed by atoms with Crippen molar-refractivity contribution in [3.05, 3.63) is 89.0 Å². The summed E-state index contributed by atoms with van der Waals surface area (Å²) in [6.07, 6.45) is 6.57. The Morgan fingerprint density at radius 2 is 1.46 bits per heavy atom. The summed E-state index contributed by atoms with van der Waals surface area (Å²) in [6, 6.07) is 19.9. The lowest BCUT2D eigenvalue weighted by Crippen LogP contribution is -2.42. The number of amides is 2. The zero-order valence-electron chi connectivity index (χ0n) is 22.0. The molecule has 6 nitrogen and oxygen atoms in total. The molecule has 7 heteroatoms. The van der Waals surface area contributed by atoms with Crippen molar-refractivity contribution in [3.63, 3.8) is 0 Å². The quantitative estimate of drug-likeness (QED) is 0.325. The number of urea groups is 1. The molecule has 0 atom stereocenters. The first-order chi connectivity index (χ1) is 17.7. The number of anilines is 2. The van der Waals surface area contributed by atoms with Crippen molar-refractivity contribution >= 4 is 27.4 Å². The lowest BCUT2D eigenvalue weighted by atomic mass is 10.0. The van der Waals surface area contributed by atoms with Crippen LogP contribution in [-0.4, -0.2) is 25.4 Å². The molecule has 1 fully saturated rings. The fourth-order valence-electron chi connectivity index (χ4n) is 5.18. The van der Waals surface area contributed by atoms with Crippen LogP contribution in [0.5, 0.6) is 0 Å². The van der Waals surface area contributed by atoms with Gasteiger partial charge in [0.2, 0.25) is 0 Å². The van der Waals surface area contributed by atoms with E-state index in [0.717, 1.165) is 48.1 Å². The first-order valence-electron chi connectivity index (χ1n) is 13.1. The van der Waals surface area contributed by atoms with Crippen LogP contribution >= 0.6 is 0 Å². The minimum atomic E-state index is -3.70. The number of rotatable bonds is 7. The number of benzene rings is 3. The maximum absolute atomic E-state index is 13.7. The van der Waals surface area contributed by atoms with E-state index in [-0.39, 0.29) is 17.0 Å². The molecule has 37 heavy (non-hydrogen) atoms. The number of nitrogens with zero attached hydrogens (tertiary/aromatic N) is 1. The van der Waals surface area contributed by atoms with Crippen molar-refractivity contribution in [2.24, 2.45) is 0 Å². The number of aryl methyl sites for hydroxylation is 3. The Morgan fingerprint density at radius 3 is 2.05 bits per heavy atom. The van der Waals surface area contributed by atoms with Crippen LogP contribution in [-0.2, 0) is 16.6 Å². The summed E-state index contributed by atoms with van der Waals surface area (Å²) < 4.78 is 28.3. The lowest BCUT2D eigenvalue weighted by molar-refractivity contribution is 0.175. The SMILES string of the molecule is Cc1cc(C)c(NC(=O)N(Cc2ccc(S(=O)(=O)Nc3ccccc3)cc2)C2CCCCCC2)c(C)c1. The zero-order chi connectivity index (χ0) is 26.4. The molecule has 196 valence electrons. The maximum Gasteiger partial charge on any atom is 0.322 e. The Kier molecular flexibility index (Phi) is 8.54. The Morgan fingerprint density at radius 1 is 0.865 bits per heavy atom. The molecule has 0 saturated heterocycles. The first-order valence-corrected chi connectivity index (χ1v) is 14.5. The molecule has 3 aromatic carbocycles. The monoisotopic (exact) mass is 519 g/mol. The average molecular weight is 520 g/mol. The lowest BCUT2D eigenvalue weighted by Gasteiger charge is -2.32. The third kappa shape index (κ3) is 6.92. The Bertz CT molecular complexity index is 1290. The van der Waals surface area contributed by atoms with Gasteiger partial charge in [-0.15, -0.1) is 0 Å². The average Bonchev–Trinajstić information content (AvgIpc) is 3.15. The standard InChI is InChI=1S/C30H37N3O3S/c1-22-19-23(2)29(24(3)20-22)31-30(34)33(27-13-9-4-5-10-14-27)21-25-15-17-28(18-16-25)37(35,36)32-26-11-7-6-8-12-26/h6-8,11-12,15-20,27,32H,4-5,9-10,13-14,21H2,1-3H3,(H,31,34). The summed E-state index contributed by atoms with van der Waals surface area (Å²) in [5.41, 5.74) is 5.55. The molecule has 0 heterocycles. The van der Waals surface area contributed by atoms with Crippen molar-refractivity contribution in [3.8, 4) is 0 Å². The second-order valence-corrected chi connectivity index (χ2v) is 11.8. The number of para-hydroxylation sites is 1. The van der Waals surface area contributed by atoms with E-state index in [1.807, 2.05) is 24.8 Å². The van der Waals surface area contributed by atoms with E-state index in [1.165, 1.54) is 18.4 Å². The summed E-state index contributed by atoms with van der Waals surface area (Å²) >= 11 is 0. The number of carbonyl (C=O) groups excluding carboxylic acids is 1. The normalized spacial score (nSPS) is 14.6. The van der Waals surface area contributed by atoms with Crippen molar-refractivity contribution in [1.29, 1.82) is 0 Å². The maximum atomic E-state index is 13.7. The molecule has 3 aromatic rings. The number of hydrogen-bond acceptors (Lipinski definition) is 3. The van der Waals surface area contributed by atoms with Crippen LogP contribution in [0.1, 0.15) is 60.8 Å². The van der Waals surface area contributed by atoms with Gasteiger partial charge < -0.3 is 10.2 Å². The second-order valence-electron chi connectivity index (χ2n) is 10.1. The molecule has 2 N–H and O–H groups in total. The van der Waals surface area contributed by atoms with Gasteiger partial charge in [0, 0.05) is 24.0 Å². The molecule has 0 unspecified atom stereocenters. The van der Waals surface area contributed by atoms with Gasteiger partial charge in [-0.05, 0) is 74.6 Å². The van der Waals surface area contributed by atoms with Gasteiger partial charge in [0.25, 0.3) is 10.0 Å². The summed E-state index contributed by atoms with van der Waals surface area (Å²) in [5.74, 6) is 0. The molecule has 0 aliphatic heterocycles. The van der Waals surface area contributed by atoms with Crippen LogP contribution < -0.4 is 10.0 Å². The predicted molar refractivity (Wildman–Crippen MR) is 150 cm³/mol. The van der Waals surface area contributed by atoms with Crippen LogP contribution in [0.2, 0.25) is 0 Å². The Balaban J connectivity index is 1.54. The minimum absolute atomic E-state index is 0.107. The van der Waals surface area contributed by atoms with Crippen LogP contribution in [0.15, 0.2) is 71.6 Å². The Hall–Kier alpha value is -3.32. The number of nitrogens with one attached hydrogen (secondary N) is 2. The van der Waals surface area contributed by atoms with Gasteiger partial charge in [0.15, 0.2) is 0 Å². The molecular formula is C30H37N3O3S. The summed E-state index contributed by atoms with van der Waals surface area (Å²) in [5, 5.41) is 3.19. The summed E-state index contributed by atoms with van der Waals surface area (Å²) in [4.78, 5) is 15.8. The molecule has 1 aliphatic rings. The van der Waals surface area contributed by atoms with Gasteiger partial charge in [-0.1, -0.05) is 73.7 Å². The van der Waals surface area contributed by atoms with Crippen molar-refractivity contribution in [2.45, 2.75) is 76.8 Å². The minimum Gasteiger partial charge on any atom is -0.317 e. The molecule has 0 radical (unpaired) electrons. The van der Waals surface area contributed by atoms with Gasteiger partial charge in [-0.2, -0.15) is 0 Å². The first kappa shape index (κ1) is 26.7. The van der Waals surface area contributed by atoms with Crippen LogP contribution in [0.4, 0.5) is 16.2 Å². The van der Waals surface area contributed by atoms with Crippen LogP contribution in [0.25, 0.3) is 0 Å². The fourth-order valence-corrected chi connectivity index (χ4v) is 6.24. The molecule has 4 rings (SSSR count). The highest BCUT2D eigenvalue weighted by Crippen LogP contribution is 2.27. The van der Waals surface area contributed by atoms with Gasteiger partial charge in [-0.3, -0.25) is 4.72 Å².